The summed E-state index contributed by atoms with van der Waals surface area (Å²) < 4.78 is 22.5. The molecule has 1 N–H and O–H groups in total. The molecule has 1 fully saturated rings. The maximum atomic E-state index is 11.6. The van der Waals surface area contributed by atoms with Crippen LogP contribution in [-0.4, -0.2) is 67.0 Å². The van der Waals surface area contributed by atoms with Crippen molar-refractivity contribution in [2.75, 3.05) is 36.7 Å². The summed E-state index contributed by atoms with van der Waals surface area (Å²) in [6.07, 6.45) is 0.537. The minimum Gasteiger partial charge on any atom is -0.396 e. The largest absolute Gasteiger partial charge is 0.396 e. The second-order valence-corrected chi connectivity index (χ2v) is 7.17. The van der Waals surface area contributed by atoms with Crippen molar-refractivity contribution < 1.29 is 18.3 Å². The smallest absolute Gasteiger partial charge is 0.232 e. The van der Waals surface area contributed by atoms with Gasteiger partial charge in [0.25, 0.3) is 0 Å². The van der Waals surface area contributed by atoms with Gasteiger partial charge < -0.3 is 10.0 Å². The van der Waals surface area contributed by atoms with Gasteiger partial charge in [0.2, 0.25) is 5.91 Å². The third-order valence-electron chi connectivity index (χ3n) is 2.61. The van der Waals surface area contributed by atoms with E-state index in [0.29, 0.717) is 17.9 Å². The molecule has 1 aliphatic heterocycles. The Morgan fingerprint density at radius 3 is 2.75 bits per heavy atom. The van der Waals surface area contributed by atoms with Gasteiger partial charge in [-0.2, -0.15) is 0 Å². The average Bonchev–Trinajstić information content (AvgIpc) is 2.58. The molecule has 1 amide bonds. The van der Waals surface area contributed by atoms with Crippen LogP contribution >= 0.6 is 11.8 Å². The Kier molecular flexibility index (Phi) is 5.07. The molecule has 1 heterocycles. The van der Waals surface area contributed by atoms with Gasteiger partial charge in [-0.1, -0.05) is 0 Å². The van der Waals surface area contributed by atoms with Crippen LogP contribution in [0.2, 0.25) is 0 Å². The number of carbonyl (C=O) groups is 1. The van der Waals surface area contributed by atoms with Crippen molar-refractivity contribution in [1.82, 2.24) is 4.90 Å². The highest BCUT2D eigenvalue weighted by Gasteiger charge is 2.32. The minimum atomic E-state index is -2.94. The van der Waals surface area contributed by atoms with E-state index in [-0.39, 0.29) is 30.1 Å². The number of sulfone groups is 1. The summed E-state index contributed by atoms with van der Waals surface area (Å²) in [5.74, 6) is 1.02. The lowest BCUT2D eigenvalue weighted by molar-refractivity contribution is -0.128. The molecule has 1 atom stereocenters. The van der Waals surface area contributed by atoms with Crippen LogP contribution in [0, 0.1) is 0 Å². The molecule has 1 aliphatic rings. The Morgan fingerprint density at radius 1 is 1.56 bits per heavy atom. The molecule has 0 spiro atoms. The molecule has 16 heavy (non-hydrogen) atoms. The van der Waals surface area contributed by atoms with Crippen molar-refractivity contribution in [1.29, 1.82) is 0 Å². The predicted octanol–water partition coefficient (Wildman–Crippen LogP) is -0.643. The van der Waals surface area contributed by atoms with Crippen LogP contribution < -0.4 is 0 Å². The first-order chi connectivity index (χ1) is 7.46. The molecule has 0 radical (unpaired) electrons. The lowest BCUT2D eigenvalue weighted by Gasteiger charge is -2.23. The summed E-state index contributed by atoms with van der Waals surface area (Å²) in [5, 5.41) is 8.57. The molecule has 0 aromatic heterocycles. The van der Waals surface area contributed by atoms with Crippen molar-refractivity contribution in [3.8, 4) is 0 Å². The number of amides is 1. The van der Waals surface area contributed by atoms with Gasteiger partial charge in [-0.15, -0.1) is 11.8 Å². The molecule has 0 saturated carbocycles. The minimum absolute atomic E-state index is 0.0550. The highest BCUT2D eigenvalue weighted by Crippen LogP contribution is 2.17. The molecule has 0 aliphatic carbocycles. The van der Waals surface area contributed by atoms with Crippen LogP contribution in [0.4, 0.5) is 0 Å². The second kappa shape index (κ2) is 5.88. The zero-order chi connectivity index (χ0) is 12.2. The summed E-state index contributed by atoms with van der Waals surface area (Å²) >= 11 is 1.36. The van der Waals surface area contributed by atoms with E-state index in [1.807, 2.05) is 0 Å². The zero-order valence-corrected chi connectivity index (χ0v) is 10.9. The van der Waals surface area contributed by atoms with Crippen molar-refractivity contribution in [3.05, 3.63) is 0 Å². The number of carbonyl (C=O) groups excluding carboxylic acids is 1. The van der Waals surface area contributed by atoms with Crippen LogP contribution in [0.15, 0.2) is 0 Å². The average molecular weight is 267 g/mol. The van der Waals surface area contributed by atoms with E-state index < -0.39 is 9.84 Å². The fraction of sp³-hybridized carbons (Fsp3) is 0.889. The van der Waals surface area contributed by atoms with Crippen LogP contribution in [0.25, 0.3) is 0 Å². The molecule has 1 unspecified atom stereocenters. The molecular formula is C9H17NO4S2. The number of hydrogen-bond acceptors (Lipinski definition) is 5. The third kappa shape index (κ3) is 3.95. The molecule has 1 rings (SSSR count). The van der Waals surface area contributed by atoms with E-state index in [1.165, 1.54) is 16.7 Å². The first-order valence-electron chi connectivity index (χ1n) is 5.11. The Morgan fingerprint density at radius 2 is 2.25 bits per heavy atom. The number of aliphatic hydroxyl groups excluding tert-OH is 1. The maximum Gasteiger partial charge on any atom is 0.232 e. The summed E-state index contributed by atoms with van der Waals surface area (Å²) in [6.45, 7) is 0.0550. The Labute approximate surface area is 100 Å². The van der Waals surface area contributed by atoms with Crippen LogP contribution in [-0.2, 0) is 14.6 Å². The fourth-order valence-corrected chi connectivity index (χ4v) is 4.04. The number of hydrogen-bond donors (Lipinski definition) is 1. The van der Waals surface area contributed by atoms with Crippen molar-refractivity contribution in [3.63, 3.8) is 0 Å². The first-order valence-corrected chi connectivity index (χ1v) is 8.08. The number of nitrogens with zero attached hydrogens (tertiary/aromatic N) is 1. The molecule has 5 nitrogen and oxygen atoms in total. The van der Waals surface area contributed by atoms with Crippen LogP contribution in [0.3, 0.4) is 0 Å². The Balaban J connectivity index is 2.40. The summed E-state index contributed by atoms with van der Waals surface area (Å²) in [5.41, 5.74) is 0. The van der Waals surface area contributed by atoms with Gasteiger partial charge in [0, 0.05) is 18.8 Å². The molecule has 0 aromatic carbocycles. The van der Waals surface area contributed by atoms with E-state index in [9.17, 15) is 13.2 Å². The quantitative estimate of drug-likeness (QED) is 0.671. The lowest BCUT2D eigenvalue weighted by atomic mass is 10.2. The Bertz CT molecular complexity index is 341. The topological polar surface area (TPSA) is 74.7 Å². The lowest BCUT2D eigenvalue weighted by Crippen LogP contribution is -2.38. The predicted molar refractivity (Wildman–Crippen MR) is 64.2 cm³/mol. The zero-order valence-electron chi connectivity index (χ0n) is 9.26. The number of rotatable bonds is 5. The van der Waals surface area contributed by atoms with Gasteiger partial charge in [0.05, 0.1) is 23.9 Å². The summed E-state index contributed by atoms with van der Waals surface area (Å²) in [7, 11) is -1.29. The standard InChI is InChI=1S/C9H17NO4S2/c1-10(9(12)6-15-4-3-11)8-2-5-16(13,14)7-8/h8,11H,2-7H2,1H3. The van der Waals surface area contributed by atoms with Gasteiger partial charge in [-0.25, -0.2) is 8.42 Å². The molecule has 94 valence electrons. The summed E-state index contributed by atoms with van der Waals surface area (Å²) in [6, 6.07) is -0.174. The Hall–Kier alpha value is -0.270. The monoisotopic (exact) mass is 267 g/mol. The number of aliphatic hydroxyl groups is 1. The molecule has 0 aromatic rings. The van der Waals surface area contributed by atoms with Gasteiger partial charge in [-0.05, 0) is 6.42 Å². The first kappa shape index (κ1) is 13.8. The maximum absolute atomic E-state index is 11.6. The third-order valence-corrected chi connectivity index (χ3v) is 5.28. The van der Waals surface area contributed by atoms with E-state index in [2.05, 4.69) is 0 Å². The van der Waals surface area contributed by atoms with E-state index in [0.717, 1.165) is 0 Å². The normalized spacial score (nSPS) is 23.2. The molecule has 7 heteroatoms. The molecule has 1 saturated heterocycles. The summed E-state index contributed by atoms with van der Waals surface area (Å²) in [4.78, 5) is 13.2. The van der Waals surface area contributed by atoms with Crippen molar-refractivity contribution in [2.24, 2.45) is 0 Å². The van der Waals surface area contributed by atoms with Crippen LogP contribution in [0.5, 0.6) is 0 Å². The van der Waals surface area contributed by atoms with Crippen molar-refractivity contribution >= 4 is 27.5 Å². The fourth-order valence-electron chi connectivity index (χ4n) is 1.61. The van der Waals surface area contributed by atoms with E-state index in [4.69, 9.17) is 5.11 Å². The SMILES string of the molecule is CN(C(=O)CSCCO)C1CCS(=O)(=O)C1. The van der Waals surface area contributed by atoms with E-state index >= 15 is 0 Å². The van der Waals surface area contributed by atoms with Crippen molar-refractivity contribution in [2.45, 2.75) is 12.5 Å². The van der Waals surface area contributed by atoms with E-state index in [1.54, 1.807) is 7.05 Å². The highest BCUT2D eigenvalue weighted by atomic mass is 32.2. The van der Waals surface area contributed by atoms with Gasteiger partial charge in [0.15, 0.2) is 9.84 Å². The van der Waals surface area contributed by atoms with Gasteiger partial charge in [-0.3, -0.25) is 4.79 Å². The molecular weight excluding hydrogens is 250 g/mol. The van der Waals surface area contributed by atoms with Gasteiger partial charge >= 0.3 is 0 Å². The molecule has 0 bridgehead atoms. The highest BCUT2D eigenvalue weighted by molar-refractivity contribution is 7.99. The van der Waals surface area contributed by atoms with Gasteiger partial charge in [0.1, 0.15) is 0 Å². The van der Waals surface area contributed by atoms with Crippen LogP contribution in [0.1, 0.15) is 6.42 Å². The number of thioether (sulfide) groups is 1. The second-order valence-electron chi connectivity index (χ2n) is 3.84.